The lowest BCUT2D eigenvalue weighted by molar-refractivity contribution is -0.127. The largest absolute Gasteiger partial charge is 0.383 e. The number of piperidine rings is 1. The predicted octanol–water partition coefficient (Wildman–Crippen LogP) is 0.916. The third kappa shape index (κ3) is 4.10. The predicted molar refractivity (Wildman–Crippen MR) is 64.3 cm³/mol. The number of methoxy groups -OCH3 is 1. The fourth-order valence-electron chi connectivity index (χ4n) is 2.15. The minimum atomic E-state index is 0.155. The monoisotopic (exact) mass is 228 g/mol. The van der Waals surface area contributed by atoms with Gasteiger partial charge in [0.2, 0.25) is 5.91 Å². The Morgan fingerprint density at radius 1 is 1.62 bits per heavy atom. The van der Waals surface area contributed by atoms with Crippen molar-refractivity contribution in [3.8, 4) is 0 Å². The molecule has 3 atom stereocenters. The summed E-state index contributed by atoms with van der Waals surface area (Å²) >= 11 is 0. The molecule has 0 spiro atoms. The fourth-order valence-corrected chi connectivity index (χ4v) is 2.15. The van der Waals surface area contributed by atoms with E-state index in [4.69, 9.17) is 4.74 Å². The molecule has 4 nitrogen and oxygen atoms in total. The number of carbonyl (C=O) groups excluding carboxylic acids is 1. The lowest BCUT2D eigenvalue weighted by atomic mass is 9.92. The highest BCUT2D eigenvalue weighted by Gasteiger charge is 2.25. The first kappa shape index (κ1) is 13.5. The van der Waals surface area contributed by atoms with Crippen molar-refractivity contribution < 1.29 is 9.53 Å². The van der Waals surface area contributed by atoms with Gasteiger partial charge in [-0.15, -0.1) is 0 Å². The molecule has 1 aliphatic rings. The first-order valence-electron chi connectivity index (χ1n) is 6.20. The summed E-state index contributed by atoms with van der Waals surface area (Å²) in [5.41, 5.74) is 0. The number of carbonyl (C=O) groups is 1. The molecule has 1 aliphatic heterocycles. The van der Waals surface area contributed by atoms with E-state index in [0.29, 0.717) is 12.6 Å². The molecule has 0 bridgehead atoms. The molecule has 0 aromatic heterocycles. The maximum absolute atomic E-state index is 12.0. The summed E-state index contributed by atoms with van der Waals surface area (Å²) in [6, 6.07) is 0.606. The van der Waals surface area contributed by atoms with Crippen LogP contribution in [0.1, 0.15) is 33.1 Å². The highest BCUT2D eigenvalue weighted by Crippen LogP contribution is 2.16. The van der Waals surface area contributed by atoms with Crippen LogP contribution >= 0.6 is 0 Å². The highest BCUT2D eigenvalue weighted by atomic mass is 16.5. The van der Waals surface area contributed by atoms with Crippen molar-refractivity contribution in [3.63, 3.8) is 0 Å². The molecule has 0 aromatic rings. The average molecular weight is 228 g/mol. The third-order valence-electron chi connectivity index (χ3n) is 3.20. The molecule has 0 aromatic carbocycles. The minimum absolute atomic E-state index is 0.155. The van der Waals surface area contributed by atoms with Crippen LogP contribution in [0.3, 0.4) is 0 Å². The molecule has 0 saturated carbocycles. The van der Waals surface area contributed by atoms with Gasteiger partial charge in [0.25, 0.3) is 0 Å². The van der Waals surface area contributed by atoms with Crippen LogP contribution in [0.2, 0.25) is 0 Å². The molecule has 2 N–H and O–H groups in total. The van der Waals surface area contributed by atoms with E-state index in [1.807, 2.05) is 0 Å². The lowest BCUT2D eigenvalue weighted by Gasteiger charge is -2.28. The van der Waals surface area contributed by atoms with Crippen molar-refractivity contribution in [3.05, 3.63) is 0 Å². The summed E-state index contributed by atoms with van der Waals surface area (Å²) < 4.78 is 5.08. The molecule has 1 rings (SSSR count). The number of hydrogen-bond donors (Lipinski definition) is 2. The van der Waals surface area contributed by atoms with Crippen molar-refractivity contribution in [2.75, 3.05) is 20.3 Å². The van der Waals surface area contributed by atoms with Gasteiger partial charge in [0.1, 0.15) is 0 Å². The number of rotatable bonds is 5. The van der Waals surface area contributed by atoms with Gasteiger partial charge in [0.15, 0.2) is 0 Å². The van der Waals surface area contributed by atoms with Gasteiger partial charge >= 0.3 is 0 Å². The van der Waals surface area contributed by atoms with E-state index in [1.54, 1.807) is 7.11 Å². The minimum Gasteiger partial charge on any atom is -0.383 e. The average Bonchev–Trinajstić information content (AvgIpc) is 2.28. The van der Waals surface area contributed by atoms with Crippen LogP contribution < -0.4 is 10.6 Å². The maximum atomic E-state index is 12.0. The van der Waals surface area contributed by atoms with E-state index >= 15 is 0 Å². The summed E-state index contributed by atoms with van der Waals surface area (Å²) in [6.07, 6.45) is 2.80. The Bertz CT molecular complexity index is 221. The second-order valence-corrected chi connectivity index (χ2v) is 4.65. The van der Waals surface area contributed by atoms with Crippen LogP contribution in [0.15, 0.2) is 0 Å². The van der Waals surface area contributed by atoms with Gasteiger partial charge in [0.05, 0.1) is 12.6 Å². The topological polar surface area (TPSA) is 50.4 Å². The molecule has 16 heavy (non-hydrogen) atoms. The van der Waals surface area contributed by atoms with E-state index in [9.17, 15) is 4.79 Å². The van der Waals surface area contributed by atoms with E-state index in [0.717, 1.165) is 25.8 Å². The Balaban J connectivity index is 2.37. The summed E-state index contributed by atoms with van der Waals surface area (Å²) in [5, 5.41) is 6.42. The molecule has 0 radical (unpaired) electrons. The molecular formula is C12H24N2O2. The molecule has 1 fully saturated rings. The van der Waals surface area contributed by atoms with Crippen LogP contribution in [0, 0.1) is 5.92 Å². The Morgan fingerprint density at radius 3 is 2.94 bits per heavy atom. The Labute approximate surface area is 98.1 Å². The number of hydrogen-bond acceptors (Lipinski definition) is 3. The van der Waals surface area contributed by atoms with Crippen LogP contribution in [0.5, 0.6) is 0 Å². The number of ether oxygens (including phenoxy) is 1. The quantitative estimate of drug-likeness (QED) is 0.735. The maximum Gasteiger partial charge on any atom is 0.223 e. The van der Waals surface area contributed by atoms with Crippen LogP contribution in [-0.2, 0) is 9.53 Å². The number of nitrogens with one attached hydrogen (secondary N) is 2. The van der Waals surface area contributed by atoms with Crippen molar-refractivity contribution in [1.82, 2.24) is 10.6 Å². The van der Waals surface area contributed by atoms with Crippen LogP contribution in [0.4, 0.5) is 0 Å². The SMILES string of the molecule is CCC(COC)NC(=O)C1CCNC(C)C1. The second kappa shape index (κ2) is 6.86. The zero-order valence-electron chi connectivity index (χ0n) is 10.6. The van der Waals surface area contributed by atoms with Crippen molar-refractivity contribution in [2.45, 2.75) is 45.2 Å². The van der Waals surface area contributed by atoms with Gasteiger partial charge in [-0.3, -0.25) is 4.79 Å². The van der Waals surface area contributed by atoms with Crippen LogP contribution in [0.25, 0.3) is 0 Å². The first-order valence-corrected chi connectivity index (χ1v) is 6.20. The molecule has 94 valence electrons. The van der Waals surface area contributed by atoms with Gasteiger partial charge in [-0.1, -0.05) is 6.92 Å². The zero-order valence-corrected chi connectivity index (χ0v) is 10.6. The first-order chi connectivity index (χ1) is 7.67. The Morgan fingerprint density at radius 2 is 2.38 bits per heavy atom. The van der Waals surface area contributed by atoms with Gasteiger partial charge in [0, 0.05) is 19.1 Å². The summed E-state index contributed by atoms with van der Waals surface area (Å²) in [5.74, 6) is 0.361. The fraction of sp³-hybridized carbons (Fsp3) is 0.917. The molecule has 0 aliphatic carbocycles. The van der Waals surface area contributed by atoms with Gasteiger partial charge in [-0.25, -0.2) is 0 Å². The molecule has 1 heterocycles. The van der Waals surface area contributed by atoms with E-state index in [1.165, 1.54) is 0 Å². The van der Waals surface area contributed by atoms with Crippen molar-refractivity contribution in [2.24, 2.45) is 5.92 Å². The van der Waals surface area contributed by atoms with Crippen molar-refractivity contribution >= 4 is 5.91 Å². The van der Waals surface area contributed by atoms with Crippen molar-refractivity contribution in [1.29, 1.82) is 0 Å². The normalized spacial score (nSPS) is 27.4. The van der Waals surface area contributed by atoms with E-state index in [-0.39, 0.29) is 17.9 Å². The molecule has 1 amide bonds. The Hall–Kier alpha value is -0.610. The summed E-state index contributed by atoms with van der Waals surface area (Å²) in [4.78, 5) is 12.0. The van der Waals surface area contributed by atoms with Gasteiger partial charge in [-0.2, -0.15) is 0 Å². The summed E-state index contributed by atoms with van der Waals surface area (Å²) in [6.45, 7) is 5.74. The molecule has 1 saturated heterocycles. The third-order valence-corrected chi connectivity index (χ3v) is 3.20. The smallest absolute Gasteiger partial charge is 0.223 e. The van der Waals surface area contributed by atoms with E-state index < -0.39 is 0 Å². The van der Waals surface area contributed by atoms with Gasteiger partial charge < -0.3 is 15.4 Å². The Kier molecular flexibility index (Phi) is 5.77. The molecular weight excluding hydrogens is 204 g/mol. The molecule has 3 unspecified atom stereocenters. The van der Waals surface area contributed by atoms with Gasteiger partial charge in [-0.05, 0) is 32.7 Å². The standard InChI is InChI=1S/C12H24N2O2/c1-4-11(8-16-3)14-12(15)10-5-6-13-9(2)7-10/h9-11,13H,4-8H2,1-3H3,(H,14,15). The second-order valence-electron chi connectivity index (χ2n) is 4.65. The summed E-state index contributed by atoms with van der Waals surface area (Å²) in [7, 11) is 1.67. The lowest BCUT2D eigenvalue weighted by Crippen LogP contribution is -2.46. The zero-order chi connectivity index (χ0) is 12.0. The van der Waals surface area contributed by atoms with E-state index in [2.05, 4.69) is 24.5 Å². The number of amides is 1. The van der Waals surface area contributed by atoms with Crippen LogP contribution in [-0.4, -0.2) is 38.3 Å². The molecule has 4 heteroatoms. The highest BCUT2D eigenvalue weighted by molar-refractivity contribution is 5.79.